The highest BCUT2D eigenvalue weighted by atomic mass is 79.9. The third kappa shape index (κ3) is 2.49. The molecule has 0 spiro atoms. The first kappa shape index (κ1) is 13.3. The number of nitrogens with two attached hydrogens (primary N) is 1. The Bertz CT molecular complexity index is 529. The molecule has 0 atom stereocenters. The van der Waals surface area contributed by atoms with Gasteiger partial charge in [-0.3, -0.25) is 0 Å². The van der Waals surface area contributed by atoms with Crippen LogP contribution in [0.15, 0.2) is 34.9 Å². The molecule has 1 heterocycles. The smallest absolute Gasteiger partial charge is 0.126 e. The van der Waals surface area contributed by atoms with Crippen LogP contribution in [0.5, 0.6) is 0 Å². The lowest BCUT2D eigenvalue weighted by Gasteiger charge is -2.23. The highest BCUT2D eigenvalue weighted by Crippen LogP contribution is 2.27. The Morgan fingerprint density at radius 1 is 1.33 bits per heavy atom. The molecule has 1 aromatic heterocycles. The zero-order valence-corrected chi connectivity index (χ0v) is 12.3. The molecule has 0 bridgehead atoms. The third-order valence-corrected chi connectivity index (χ3v) is 3.94. The Hall–Kier alpha value is -1.13. The standard InChI is InChI=1S/C14H18BrN3/c1-3-14(16,4-2)13-17-9-12(18-13)10-6-5-7-11(15)8-10/h5-9H,3-4,16H2,1-2H3,(H,17,18). The molecule has 1 aromatic carbocycles. The van der Waals surface area contributed by atoms with E-state index in [0.717, 1.165) is 34.4 Å². The second-order valence-corrected chi connectivity index (χ2v) is 5.43. The first-order valence-electron chi connectivity index (χ1n) is 6.19. The van der Waals surface area contributed by atoms with Crippen molar-refractivity contribution >= 4 is 15.9 Å². The summed E-state index contributed by atoms with van der Waals surface area (Å²) >= 11 is 3.47. The Kier molecular flexibility index (Phi) is 3.88. The van der Waals surface area contributed by atoms with Crippen molar-refractivity contribution in [3.8, 4) is 11.3 Å². The van der Waals surface area contributed by atoms with Gasteiger partial charge in [-0.25, -0.2) is 4.98 Å². The molecule has 4 heteroatoms. The number of nitrogens with one attached hydrogen (secondary N) is 1. The Balaban J connectivity index is 2.36. The first-order valence-corrected chi connectivity index (χ1v) is 6.98. The summed E-state index contributed by atoms with van der Waals surface area (Å²) in [5, 5.41) is 0. The normalized spacial score (nSPS) is 11.8. The summed E-state index contributed by atoms with van der Waals surface area (Å²) in [5.74, 6) is 0.863. The zero-order valence-electron chi connectivity index (χ0n) is 10.7. The number of nitrogens with zero attached hydrogens (tertiary/aromatic N) is 1. The Labute approximate surface area is 116 Å². The topological polar surface area (TPSA) is 54.7 Å². The van der Waals surface area contributed by atoms with E-state index in [0.29, 0.717) is 0 Å². The number of aromatic amines is 1. The second-order valence-electron chi connectivity index (χ2n) is 4.52. The molecule has 18 heavy (non-hydrogen) atoms. The van der Waals surface area contributed by atoms with E-state index in [-0.39, 0.29) is 5.54 Å². The summed E-state index contributed by atoms with van der Waals surface area (Å²) in [6.07, 6.45) is 3.59. The van der Waals surface area contributed by atoms with E-state index in [9.17, 15) is 0 Å². The molecule has 0 saturated carbocycles. The predicted octanol–water partition coefficient (Wildman–Crippen LogP) is 3.81. The lowest BCUT2D eigenvalue weighted by atomic mass is 9.93. The summed E-state index contributed by atoms with van der Waals surface area (Å²) in [5.41, 5.74) is 8.09. The molecule has 0 unspecified atom stereocenters. The SMILES string of the molecule is CCC(N)(CC)c1ncc(-c2cccc(Br)c2)[nH]1. The fraction of sp³-hybridized carbons (Fsp3) is 0.357. The maximum atomic E-state index is 6.34. The molecule has 0 fully saturated rings. The predicted molar refractivity (Wildman–Crippen MR) is 78.2 cm³/mol. The summed E-state index contributed by atoms with van der Waals surface area (Å²) in [6.45, 7) is 4.18. The minimum Gasteiger partial charge on any atom is -0.340 e. The number of hydrogen-bond donors (Lipinski definition) is 2. The van der Waals surface area contributed by atoms with Crippen molar-refractivity contribution in [3.05, 3.63) is 40.8 Å². The van der Waals surface area contributed by atoms with Gasteiger partial charge in [-0.2, -0.15) is 0 Å². The molecule has 0 aliphatic rings. The Morgan fingerprint density at radius 2 is 2.06 bits per heavy atom. The second kappa shape index (κ2) is 5.24. The van der Waals surface area contributed by atoms with Gasteiger partial charge in [-0.05, 0) is 25.0 Å². The molecular weight excluding hydrogens is 290 g/mol. The molecule has 0 aliphatic carbocycles. The molecule has 0 radical (unpaired) electrons. The van der Waals surface area contributed by atoms with Crippen molar-refractivity contribution in [1.82, 2.24) is 9.97 Å². The molecule has 3 nitrogen and oxygen atoms in total. The fourth-order valence-electron chi connectivity index (χ4n) is 1.96. The van der Waals surface area contributed by atoms with Crippen LogP contribution < -0.4 is 5.73 Å². The summed E-state index contributed by atoms with van der Waals surface area (Å²) in [4.78, 5) is 7.78. The van der Waals surface area contributed by atoms with Crippen LogP contribution in [-0.2, 0) is 5.54 Å². The number of imidazole rings is 1. The maximum absolute atomic E-state index is 6.34. The first-order chi connectivity index (χ1) is 8.59. The van der Waals surface area contributed by atoms with E-state index in [1.165, 1.54) is 0 Å². The minimum atomic E-state index is -0.357. The van der Waals surface area contributed by atoms with Gasteiger partial charge in [0.1, 0.15) is 5.82 Å². The van der Waals surface area contributed by atoms with Gasteiger partial charge in [0.15, 0.2) is 0 Å². The van der Waals surface area contributed by atoms with Crippen molar-refractivity contribution in [1.29, 1.82) is 0 Å². The van der Waals surface area contributed by atoms with Crippen LogP contribution >= 0.6 is 15.9 Å². The molecule has 2 rings (SSSR count). The number of halogens is 1. The zero-order chi connectivity index (χ0) is 13.2. The molecule has 0 aliphatic heterocycles. The van der Waals surface area contributed by atoms with Crippen LogP contribution in [0.3, 0.4) is 0 Å². The van der Waals surface area contributed by atoms with Gasteiger partial charge in [0, 0.05) is 10.0 Å². The lowest BCUT2D eigenvalue weighted by Crippen LogP contribution is -2.36. The lowest BCUT2D eigenvalue weighted by molar-refractivity contribution is 0.391. The van der Waals surface area contributed by atoms with Crippen molar-refractivity contribution < 1.29 is 0 Å². The van der Waals surface area contributed by atoms with Crippen molar-refractivity contribution in [2.24, 2.45) is 5.73 Å². The number of benzene rings is 1. The van der Waals surface area contributed by atoms with Gasteiger partial charge < -0.3 is 10.7 Å². The highest BCUT2D eigenvalue weighted by Gasteiger charge is 2.26. The van der Waals surface area contributed by atoms with Crippen LogP contribution in [0.25, 0.3) is 11.3 Å². The van der Waals surface area contributed by atoms with Gasteiger partial charge >= 0.3 is 0 Å². The maximum Gasteiger partial charge on any atom is 0.126 e. The van der Waals surface area contributed by atoms with Gasteiger partial charge in [0.2, 0.25) is 0 Å². The summed E-state index contributed by atoms with van der Waals surface area (Å²) in [7, 11) is 0. The van der Waals surface area contributed by atoms with Gasteiger partial charge in [0.25, 0.3) is 0 Å². The van der Waals surface area contributed by atoms with Crippen LogP contribution in [0, 0.1) is 0 Å². The van der Waals surface area contributed by atoms with Crippen LogP contribution in [0.4, 0.5) is 0 Å². The number of H-pyrrole nitrogens is 1. The average Bonchev–Trinajstić information content (AvgIpc) is 2.88. The van der Waals surface area contributed by atoms with E-state index in [4.69, 9.17) is 5.73 Å². The van der Waals surface area contributed by atoms with Crippen LogP contribution in [0.2, 0.25) is 0 Å². The number of hydrogen-bond acceptors (Lipinski definition) is 2. The van der Waals surface area contributed by atoms with Crippen molar-refractivity contribution in [3.63, 3.8) is 0 Å². The number of rotatable bonds is 4. The fourth-order valence-corrected chi connectivity index (χ4v) is 2.36. The van der Waals surface area contributed by atoms with Gasteiger partial charge in [-0.15, -0.1) is 0 Å². The molecule has 96 valence electrons. The van der Waals surface area contributed by atoms with E-state index in [1.54, 1.807) is 0 Å². The van der Waals surface area contributed by atoms with E-state index < -0.39 is 0 Å². The van der Waals surface area contributed by atoms with Crippen molar-refractivity contribution in [2.75, 3.05) is 0 Å². The van der Waals surface area contributed by atoms with Crippen LogP contribution in [-0.4, -0.2) is 9.97 Å². The Morgan fingerprint density at radius 3 is 2.67 bits per heavy atom. The van der Waals surface area contributed by atoms with Crippen LogP contribution in [0.1, 0.15) is 32.5 Å². The molecule has 3 N–H and O–H groups in total. The average molecular weight is 308 g/mol. The summed E-state index contributed by atoms with van der Waals surface area (Å²) in [6, 6.07) is 8.13. The molecule has 2 aromatic rings. The largest absolute Gasteiger partial charge is 0.340 e. The minimum absolute atomic E-state index is 0.357. The molecule has 0 saturated heterocycles. The molecule has 0 amide bonds. The van der Waals surface area contributed by atoms with Gasteiger partial charge in [0.05, 0.1) is 17.4 Å². The third-order valence-electron chi connectivity index (χ3n) is 3.44. The van der Waals surface area contributed by atoms with E-state index in [2.05, 4.69) is 51.9 Å². The molecular formula is C14H18BrN3. The van der Waals surface area contributed by atoms with Gasteiger partial charge in [-0.1, -0.05) is 41.9 Å². The van der Waals surface area contributed by atoms with Crippen molar-refractivity contribution in [2.45, 2.75) is 32.2 Å². The van der Waals surface area contributed by atoms with E-state index in [1.807, 2.05) is 18.3 Å². The summed E-state index contributed by atoms with van der Waals surface area (Å²) < 4.78 is 1.06. The monoisotopic (exact) mass is 307 g/mol. The number of aromatic nitrogens is 2. The highest BCUT2D eigenvalue weighted by molar-refractivity contribution is 9.10. The quantitative estimate of drug-likeness (QED) is 0.902. The van der Waals surface area contributed by atoms with E-state index >= 15 is 0 Å².